The van der Waals surface area contributed by atoms with E-state index < -0.39 is 16.1 Å². The maximum Gasteiger partial charge on any atom is 0.345 e. The first-order chi connectivity index (χ1) is 17.3. The predicted octanol–water partition coefficient (Wildman–Crippen LogP) is 5.30. The molecule has 1 amide bonds. The summed E-state index contributed by atoms with van der Waals surface area (Å²) in [5.74, 6) is 0.199. The molecule has 0 fully saturated rings. The highest BCUT2D eigenvalue weighted by Crippen LogP contribution is 2.34. The van der Waals surface area contributed by atoms with Gasteiger partial charge in [-0.2, -0.15) is 8.42 Å². The average molecular weight is 619 g/mol. The molecule has 10 nitrogen and oxygen atoms in total. The maximum absolute atomic E-state index is 12.3. The van der Waals surface area contributed by atoms with Crippen LogP contribution in [0.5, 0.6) is 5.75 Å². The number of amides is 1. The Morgan fingerprint density at radius 3 is 2.35 bits per heavy atom. The number of hydrogen-bond donors (Lipinski definition) is 3. The van der Waals surface area contributed by atoms with E-state index in [0.717, 1.165) is 5.92 Å². The summed E-state index contributed by atoms with van der Waals surface area (Å²) >= 11 is 9.00. The van der Waals surface area contributed by atoms with Gasteiger partial charge in [-0.25, -0.2) is 4.72 Å². The maximum atomic E-state index is 12.3. The standard InChI is InChI=1S/C16H15BrClN5O5S.C4H10.C2H6.C2H2/c1-23(2)16(25)12-10(17)3-4-11(13(12)24)20-15-14(21-29(26,27)22-15)19-6-9-5-8(18)7-28-9;1-4(2)3;2*1-2/h3-5,7,24H,6H2,1-2H3,(H,19,21)(H,20,22);4H,1-3H3;1-2H3;1-2H. The Hall–Kier alpha value is -3.01. The number of nitrogens with one attached hydrogen (secondary N) is 2. The molecule has 1 aliphatic heterocycles. The van der Waals surface area contributed by atoms with Crippen LogP contribution in [-0.2, 0) is 16.8 Å². The summed E-state index contributed by atoms with van der Waals surface area (Å²) in [6.07, 6.45) is 9.33. The topological polar surface area (TPSA) is 137 Å². The summed E-state index contributed by atoms with van der Waals surface area (Å²) in [5, 5.41) is 13.6. The highest BCUT2D eigenvalue weighted by Gasteiger charge is 2.28. The van der Waals surface area contributed by atoms with Crippen molar-refractivity contribution in [2.75, 3.05) is 19.4 Å². The lowest BCUT2D eigenvalue weighted by Crippen LogP contribution is -2.30. The molecule has 0 saturated heterocycles. The number of phenolic OH excluding ortho intramolecular Hbond substituents is 1. The van der Waals surface area contributed by atoms with Crippen molar-refractivity contribution in [1.29, 1.82) is 0 Å². The van der Waals surface area contributed by atoms with E-state index in [1.807, 2.05) is 13.8 Å². The fourth-order valence-electron chi connectivity index (χ4n) is 2.36. The highest BCUT2D eigenvalue weighted by molar-refractivity contribution is 9.10. The largest absolute Gasteiger partial charge is 0.505 e. The minimum absolute atomic E-state index is 0.00194. The van der Waals surface area contributed by atoms with Gasteiger partial charge in [-0.3, -0.25) is 9.79 Å². The van der Waals surface area contributed by atoms with Gasteiger partial charge >= 0.3 is 10.2 Å². The summed E-state index contributed by atoms with van der Waals surface area (Å²) in [5.41, 5.74) is 0.0860. The van der Waals surface area contributed by atoms with Crippen molar-refractivity contribution in [3.8, 4) is 18.6 Å². The highest BCUT2D eigenvalue weighted by atomic mass is 79.9. The lowest BCUT2D eigenvalue weighted by atomic mass is 10.1. The van der Waals surface area contributed by atoms with E-state index in [9.17, 15) is 18.3 Å². The van der Waals surface area contributed by atoms with Crippen LogP contribution in [0.3, 0.4) is 0 Å². The zero-order valence-corrected chi connectivity index (χ0v) is 25.0. The molecule has 3 N–H and O–H groups in total. The second-order valence-corrected chi connectivity index (χ2v) is 10.4. The van der Waals surface area contributed by atoms with Crippen LogP contribution in [0.1, 0.15) is 50.7 Å². The molecular weight excluding hydrogens is 586 g/mol. The minimum atomic E-state index is -4.00. The Balaban J connectivity index is 0.00000145. The van der Waals surface area contributed by atoms with Gasteiger partial charge in [0.2, 0.25) is 0 Å². The van der Waals surface area contributed by atoms with Crippen molar-refractivity contribution in [2.24, 2.45) is 15.3 Å². The van der Waals surface area contributed by atoms with E-state index in [1.54, 1.807) is 6.07 Å². The van der Waals surface area contributed by atoms with Gasteiger partial charge in [0.25, 0.3) is 5.91 Å². The van der Waals surface area contributed by atoms with Gasteiger partial charge in [0.1, 0.15) is 12.0 Å². The number of amidine groups is 2. The second kappa shape index (κ2) is 16.0. The van der Waals surface area contributed by atoms with Gasteiger partial charge in [0.05, 0.1) is 22.8 Å². The number of terminal acetylenes is 1. The molecule has 1 aromatic heterocycles. The van der Waals surface area contributed by atoms with Crippen molar-refractivity contribution in [3.05, 3.63) is 45.3 Å². The fraction of sp³-hybridized carbons (Fsp3) is 0.375. The van der Waals surface area contributed by atoms with Crippen molar-refractivity contribution in [1.82, 2.24) is 9.62 Å². The molecule has 204 valence electrons. The van der Waals surface area contributed by atoms with Crippen LogP contribution in [0.25, 0.3) is 0 Å². The van der Waals surface area contributed by atoms with Gasteiger partial charge in [0, 0.05) is 24.6 Å². The van der Waals surface area contributed by atoms with E-state index in [1.165, 1.54) is 37.4 Å². The Morgan fingerprint density at radius 2 is 1.86 bits per heavy atom. The van der Waals surface area contributed by atoms with E-state index in [0.29, 0.717) is 15.3 Å². The predicted molar refractivity (Wildman–Crippen MR) is 154 cm³/mol. The normalized spacial score (nSPS) is 14.1. The molecule has 13 heteroatoms. The SMILES string of the molecule is C#C.CC.CC(C)C.CN(C)C(=O)c1c(Br)ccc(NC2=NS(=O)(=O)NC2=NCc2cc(Cl)co2)c1O. The smallest absolute Gasteiger partial charge is 0.345 e. The van der Waals surface area contributed by atoms with Gasteiger partial charge < -0.3 is 19.7 Å². The number of benzene rings is 1. The lowest BCUT2D eigenvalue weighted by Gasteiger charge is -2.16. The Morgan fingerprint density at radius 1 is 1.30 bits per heavy atom. The van der Waals surface area contributed by atoms with Crippen LogP contribution in [0.4, 0.5) is 5.69 Å². The van der Waals surface area contributed by atoms with E-state index >= 15 is 0 Å². The average Bonchev–Trinajstić information content (AvgIpc) is 3.37. The van der Waals surface area contributed by atoms with Crippen molar-refractivity contribution in [3.63, 3.8) is 0 Å². The second-order valence-electron chi connectivity index (χ2n) is 7.79. The third-order valence-corrected chi connectivity index (χ3v) is 5.41. The third-order valence-electron chi connectivity index (χ3n) is 3.68. The molecule has 0 bridgehead atoms. The number of hydrogen-bond acceptors (Lipinski definition) is 7. The van der Waals surface area contributed by atoms with Gasteiger partial charge in [-0.1, -0.05) is 46.2 Å². The molecular formula is C24H33BrClN5O5S. The molecule has 3 rings (SSSR count). The first-order valence-electron chi connectivity index (χ1n) is 11.0. The number of phenols is 1. The van der Waals surface area contributed by atoms with Crippen molar-refractivity contribution >= 4 is 61.0 Å². The van der Waals surface area contributed by atoms with Crippen LogP contribution in [0.15, 0.2) is 42.7 Å². The summed E-state index contributed by atoms with van der Waals surface area (Å²) in [6, 6.07) is 4.54. The van der Waals surface area contributed by atoms with Crippen LogP contribution in [0.2, 0.25) is 5.02 Å². The monoisotopic (exact) mass is 617 g/mol. The molecule has 2 aromatic rings. The summed E-state index contributed by atoms with van der Waals surface area (Å²) < 4.78 is 35.0. The number of carbonyl (C=O) groups is 1. The molecule has 0 atom stereocenters. The molecule has 0 aliphatic carbocycles. The minimum Gasteiger partial charge on any atom is -0.505 e. The summed E-state index contributed by atoms with van der Waals surface area (Å²) in [7, 11) is -0.924. The first-order valence-corrected chi connectivity index (χ1v) is 13.7. The van der Waals surface area contributed by atoms with Crippen LogP contribution < -0.4 is 10.0 Å². The Kier molecular flexibility index (Phi) is 14.7. The van der Waals surface area contributed by atoms with Gasteiger partial charge in [0.15, 0.2) is 17.4 Å². The van der Waals surface area contributed by atoms with Gasteiger partial charge in [-0.15, -0.1) is 17.2 Å². The zero-order valence-electron chi connectivity index (χ0n) is 21.8. The van der Waals surface area contributed by atoms with E-state index in [4.69, 9.17) is 16.0 Å². The zero-order chi connectivity index (χ0) is 28.9. The number of carbonyl (C=O) groups excluding carboxylic acids is 1. The number of furan rings is 1. The van der Waals surface area contributed by atoms with Crippen LogP contribution in [0, 0.1) is 18.8 Å². The van der Waals surface area contributed by atoms with Gasteiger partial charge in [-0.05, 0) is 34.0 Å². The van der Waals surface area contributed by atoms with Crippen LogP contribution >= 0.6 is 27.5 Å². The van der Waals surface area contributed by atoms with Crippen LogP contribution in [-0.4, -0.2) is 50.1 Å². The van der Waals surface area contributed by atoms with Crippen molar-refractivity contribution in [2.45, 2.75) is 41.2 Å². The number of aromatic hydroxyl groups is 1. The molecule has 0 radical (unpaired) electrons. The van der Waals surface area contributed by atoms with E-state index in [2.05, 4.69) is 69.0 Å². The molecule has 37 heavy (non-hydrogen) atoms. The third kappa shape index (κ3) is 10.9. The quantitative estimate of drug-likeness (QED) is 0.314. The number of aliphatic imine (C=N–C) groups is 1. The summed E-state index contributed by atoms with van der Waals surface area (Å²) in [6.45, 7) is 10.5. The number of rotatable bonds is 4. The molecule has 0 unspecified atom stereocenters. The number of nitrogens with zero attached hydrogens (tertiary/aromatic N) is 3. The molecule has 2 heterocycles. The lowest BCUT2D eigenvalue weighted by molar-refractivity contribution is 0.0824. The van der Waals surface area contributed by atoms with Crippen molar-refractivity contribution < 1.29 is 22.7 Å². The van der Waals surface area contributed by atoms with E-state index in [-0.39, 0.29) is 35.2 Å². The molecule has 0 spiro atoms. The number of anilines is 1. The Bertz CT molecular complexity index is 1230. The first kappa shape index (κ1) is 34.0. The molecule has 1 aliphatic rings. The summed E-state index contributed by atoms with van der Waals surface area (Å²) in [4.78, 5) is 17.8. The molecule has 1 aromatic carbocycles. The fourth-order valence-corrected chi connectivity index (χ4v) is 3.84. The molecule has 0 saturated carbocycles. The number of halogens is 2. The Labute approximate surface area is 232 Å².